The Labute approximate surface area is 156 Å². The zero-order valence-corrected chi connectivity index (χ0v) is 15.6. The first-order valence-corrected chi connectivity index (χ1v) is 8.29. The van der Waals surface area contributed by atoms with Gasteiger partial charge in [0.1, 0.15) is 11.5 Å². The van der Waals surface area contributed by atoms with Gasteiger partial charge >= 0.3 is 6.18 Å². The van der Waals surface area contributed by atoms with Gasteiger partial charge in [0.15, 0.2) is 6.61 Å². The SMILES string of the molecule is COc1ccc(C(C)(C)C)cc1NC(=O)COc1cccc(C(F)(F)F)c1. The van der Waals surface area contributed by atoms with Crippen LogP contribution in [0.2, 0.25) is 0 Å². The number of methoxy groups -OCH3 is 1. The average molecular weight is 381 g/mol. The second kappa shape index (κ2) is 7.90. The van der Waals surface area contributed by atoms with Gasteiger partial charge in [-0.25, -0.2) is 0 Å². The number of halogens is 3. The van der Waals surface area contributed by atoms with Crippen LogP contribution in [0.15, 0.2) is 42.5 Å². The molecule has 0 bridgehead atoms. The molecule has 4 nitrogen and oxygen atoms in total. The van der Waals surface area contributed by atoms with E-state index in [1.807, 2.05) is 26.8 Å². The molecule has 1 N–H and O–H groups in total. The van der Waals surface area contributed by atoms with E-state index in [1.54, 1.807) is 12.1 Å². The topological polar surface area (TPSA) is 47.6 Å². The van der Waals surface area contributed by atoms with Crippen molar-refractivity contribution >= 4 is 11.6 Å². The number of carbonyl (C=O) groups excluding carboxylic acids is 1. The third-order valence-electron chi connectivity index (χ3n) is 3.87. The molecule has 0 saturated carbocycles. The van der Waals surface area contributed by atoms with Crippen LogP contribution in [0.25, 0.3) is 0 Å². The highest BCUT2D eigenvalue weighted by molar-refractivity contribution is 5.93. The van der Waals surface area contributed by atoms with Crippen molar-refractivity contribution in [3.63, 3.8) is 0 Å². The Morgan fingerprint density at radius 1 is 1.04 bits per heavy atom. The molecule has 2 aromatic rings. The molecule has 2 rings (SSSR count). The second-order valence-corrected chi connectivity index (χ2v) is 7.03. The minimum Gasteiger partial charge on any atom is -0.495 e. The van der Waals surface area contributed by atoms with E-state index in [9.17, 15) is 18.0 Å². The summed E-state index contributed by atoms with van der Waals surface area (Å²) >= 11 is 0. The van der Waals surface area contributed by atoms with Gasteiger partial charge in [-0.1, -0.05) is 32.9 Å². The van der Waals surface area contributed by atoms with Crippen LogP contribution >= 0.6 is 0 Å². The summed E-state index contributed by atoms with van der Waals surface area (Å²) in [5, 5.41) is 2.68. The van der Waals surface area contributed by atoms with Crippen molar-refractivity contribution in [2.45, 2.75) is 32.4 Å². The maximum absolute atomic E-state index is 12.7. The van der Waals surface area contributed by atoms with Crippen LogP contribution in [-0.4, -0.2) is 19.6 Å². The lowest BCUT2D eigenvalue weighted by molar-refractivity contribution is -0.137. The van der Waals surface area contributed by atoms with Crippen LogP contribution in [0.4, 0.5) is 18.9 Å². The summed E-state index contributed by atoms with van der Waals surface area (Å²) in [6, 6.07) is 9.86. The molecule has 2 aromatic carbocycles. The quantitative estimate of drug-likeness (QED) is 0.790. The van der Waals surface area contributed by atoms with Gasteiger partial charge in [-0.15, -0.1) is 0 Å². The Hall–Kier alpha value is -2.70. The molecule has 0 radical (unpaired) electrons. The molecule has 27 heavy (non-hydrogen) atoms. The van der Waals surface area contributed by atoms with Crippen LogP contribution in [0, 0.1) is 0 Å². The van der Waals surface area contributed by atoms with Crippen molar-refractivity contribution in [3.05, 3.63) is 53.6 Å². The lowest BCUT2D eigenvalue weighted by Gasteiger charge is -2.21. The standard InChI is InChI=1S/C20H22F3NO3/c1-19(2,3)13-8-9-17(26-4)16(11-13)24-18(25)12-27-15-7-5-6-14(10-15)20(21,22)23/h5-11H,12H2,1-4H3,(H,24,25). The van der Waals surface area contributed by atoms with Crippen LogP contribution in [0.5, 0.6) is 11.5 Å². The van der Waals surface area contributed by atoms with E-state index >= 15 is 0 Å². The fourth-order valence-electron chi connectivity index (χ4n) is 2.37. The van der Waals surface area contributed by atoms with Crippen LogP contribution in [0.1, 0.15) is 31.9 Å². The first kappa shape index (κ1) is 20.6. The van der Waals surface area contributed by atoms with E-state index in [0.717, 1.165) is 17.7 Å². The fourth-order valence-corrected chi connectivity index (χ4v) is 2.37. The molecule has 0 saturated heterocycles. The number of amides is 1. The van der Waals surface area contributed by atoms with Gasteiger partial charge in [-0.05, 0) is 41.3 Å². The monoisotopic (exact) mass is 381 g/mol. The van der Waals surface area contributed by atoms with Gasteiger partial charge in [0.2, 0.25) is 0 Å². The Kier molecular flexibility index (Phi) is 6.03. The molecule has 0 spiro atoms. The summed E-state index contributed by atoms with van der Waals surface area (Å²) in [6.45, 7) is 5.69. The number of benzene rings is 2. The highest BCUT2D eigenvalue weighted by atomic mass is 19.4. The highest BCUT2D eigenvalue weighted by Crippen LogP contribution is 2.32. The summed E-state index contributed by atoms with van der Waals surface area (Å²) < 4.78 is 48.6. The molecular weight excluding hydrogens is 359 g/mol. The average Bonchev–Trinajstić information content (AvgIpc) is 2.58. The number of ether oxygens (including phenoxy) is 2. The Morgan fingerprint density at radius 2 is 1.74 bits per heavy atom. The Morgan fingerprint density at radius 3 is 2.33 bits per heavy atom. The van der Waals surface area contributed by atoms with Gasteiger partial charge in [-0.3, -0.25) is 4.79 Å². The van der Waals surface area contributed by atoms with Gasteiger partial charge in [0.25, 0.3) is 5.91 Å². The minimum absolute atomic E-state index is 0.0321. The number of hydrogen-bond donors (Lipinski definition) is 1. The van der Waals surface area contributed by atoms with E-state index in [-0.39, 0.29) is 11.2 Å². The molecule has 0 fully saturated rings. The van der Waals surface area contributed by atoms with Crippen molar-refractivity contribution in [3.8, 4) is 11.5 Å². The largest absolute Gasteiger partial charge is 0.495 e. The number of anilines is 1. The summed E-state index contributed by atoms with van der Waals surface area (Å²) in [6.07, 6.45) is -4.47. The lowest BCUT2D eigenvalue weighted by Crippen LogP contribution is -2.21. The predicted octanol–water partition coefficient (Wildman–Crippen LogP) is 5.03. The van der Waals surface area contributed by atoms with E-state index in [0.29, 0.717) is 11.4 Å². The molecule has 0 aliphatic rings. The Bertz CT molecular complexity index is 811. The zero-order valence-electron chi connectivity index (χ0n) is 15.6. The summed E-state index contributed by atoms with van der Waals surface area (Å²) in [7, 11) is 1.49. The smallest absolute Gasteiger partial charge is 0.416 e. The second-order valence-electron chi connectivity index (χ2n) is 7.03. The molecule has 1 amide bonds. The number of alkyl halides is 3. The molecule has 7 heteroatoms. The zero-order chi connectivity index (χ0) is 20.2. The summed E-state index contributed by atoms with van der Waals surface area (Å²) in [5.41, 5.74) is 0.514. The Balaban J connectivity index is 2.08. The number of hydrogen-bond acceptors (Lipinski definition) is 3. The maximum Gasteiger partial charge on any atom is 0.416 e. The number of carbonyl (C=O) groups is 1. The van der Waals surface area contributed by atoms with Gasteiger partial charge in [0, 0.05) is 0 Å². The molecule has 0 atom stereocenters. The van der Waals surface area contributed by atoms with Crippen molar-refractivity contribution < 1.29 is 27.4 Å². The van der Waals surface area contributed by atoms with E-state index < -0.39 is 24.3 Å². The van der Waals surface area contributed by atoms with E-state index in [2.05, 4.69) is 5.32 Å². The van der Waals surface area contributed by atoms with Crippen molar-refractivity contribution in [2.24, 2.45) is 0 Å². The summed E-state index contributed by atoms with van der Waals surface area (Å²) in [4.78, 5) is 12.2. The van der Waals surface area contributed by atoms with Crippen LogP contribution < -0.4 is 14.8 Å². The number of rotatable bonds is 5. The van der Waals surface area contributed by atoms with Crippen molar-refractivity contribution in [1.29, 1.82) is 0 Å². The van der Waals surface area contributed by atoms with Gasteiger partial charge in [-0.2, -0.15) is 13.2 Å². The van der Waals surface area contributed by atoms with Gasteiger partial charge in [0.05, 0.1) is 18.4 Å². The third kappa shape index (κ3) is 5.64. The fraction of sp³-hybridized carbons (Fsp3) is 0.350. The molecule has 0 heterocycles. The summed E-state index contributed by atoms with van der Waals surface area (Å²) in [5.74, 6) is -0.0532. The maximum atomic E-state index is 12.7. The van der Waals surface area contributed by atoms with Crippen LogP contribution in [0.3, 0.4) is 0 Å². The molecular formula is C20H22F3NO3. The van der Waals surface area contributed by atoms with Crippen LogP contribution in [-0.2, 0) is 16.4 Å². The first-order valence-electron chi connectivity index (χ1n) is 8.29. The minimum atomic E-state index is -4.47. The lowest BCUT2D eigenvalue weighted by atomic mass is 9.87. The van der Waals surface area contributed by atoms with Crippen molar-refractivity contribution in [1.82, 2.24) is 0 Å². The third-order valence-corrected chi connectivity index (χ3v) is 3.87. The highest BCUT2D eigenvalue weighted by Gasteiger charge is 2.30. The molecule has 0 aliphatic carbocycles. The molecule has 0 aliphatic heterocycles. The van der Waals surface area contributed by atoms with E-state index in [1.165, 1.54) is 19.2 Å². The molecule has 146 valence electrons. The first-order chi connectivity index (χ1) is 12.5. The molecule has 0 unspecified atom stereocenters. The van der Waals surface area contributed by atoms with E-state index in [4.69, 9.17) is 9.47 Å². The predicted molar refractivity (Wildman–Crippen MR) is 97.3 cm³/mol. The molecule has 0 aromatic heterocycles. The van der Waals surface area contributed by atoms with Crippen molar-refractivity contribution in [2.75, 3.05) is 19.0 Å². The number of nitrogens with one attached hydrogen (secondary N) is 1. The van der Waals surface area contributed by atoms with Gasteiger partial charge < -0.3 is 14.8 Å². The normalized spacial score (nSPS) is 11.8.